The van der Waals surface area contributed by atoms with E-state index in [9.17, 15) is 5.11 Å². The van der Waals surface area contributed by atoms with Crippen LogP contribution in [0.2, 0.25) is 0 Å². The third-order valence-electron chi connectivity index (χ3n) is 5.02. The number of hydrogen-bond donors (Lipinski definition) is 1. The molecule has 1 N–H and O–H groups in total. The Labute approximate surface area is 125 Å². The fourth-order valence-electron chi connectivity index (χ4n) is 3.37. The Morgan fingerprint density at radius 2 is 1.75 bits per heavy atom. The number of aliphatic hydroxyl groups is 1. The van der Waals surface area contributed by atoms with Crippen LogP contribution in [0.25, 0.3) is 0 Å². The summed E-state index contributed by atoms with van der Waals surface area (Å²) in [5.41, 5.74) is 1.44. The number of aryl methyl sites for hydroxylation is 1. The van der Waals surface area contributed by atoms with E-state index in [1.165, 1.54) is 5.56 Å². The van der Waals surface area contributed by atoms with Gasteiger partial charge in [-0.2, -0.15) is 0 Å². The lowest BCUT2D eigenvalue weighted by atomic mass is 9.66. The average Bonchev–Trinajstić information content (AvgIpc) is 2.47. The Kier molecular flexibility index (Phi) is 7.29. The van der Waals surface area contributed by atoms with E-state index in [0.717, 1.165) is 38.5 Å². The minimum atomic E-state index is -0.170. The van der Waals surface area contributed by atoms with Crippen molar-refractivity contribution in [2.75, 3.05) is 0 Å². The first-order valence-electron chi connectivity index (χ1n) is 8.28. The van der Waals surface area contributed by atoms with Gasteiger partial charge in [0.05, 0.1) is 6.10 Å². The van der Waals surface area contributed by atoms with E-state index in [4.69, 9.17) is 0 Å². The molecule has 0 saturated carbocycles. The third kappa shape index (κ3) is 4.34. The monoisotopic (exact) mass is 276 g/mol. The van der Waals surface area contributed by atoms with Crippen LogP contribution in [0.1, 0.15) is 65.4 Å². The molecular weight excluding hydrogens is 244 g/mol. The van der Waals surface area contributed by atoms with Crippen LogP contribution in [0.4, 0.5) is 0 Å². The van der Waals surface area contributed by atoms with Crippen molar-refractivity contribution in [3.63, 3.8) is 0 Å². The first kappa shape index (κ1) is 17.2. The molecule has 0 spiro atoms. The van der Waals surface area contributed by atoms with Crippen molar-refractivity contribution >= 4 is 0 Å². The maximum Gasteiger partial charge on any atom is 0.0598 e. The lowest BCUT2D eigenvalue weighted by Gasteiger charge is -2.41. The largest absolute Gasteiger partial charge is 0.393 e. The van der Waals surface area contributed by atoms with Crippen molar-refractivity contribution in [1.29, 1.82) is 0 Å². The van der Waals surface area contributed by atoms with E-state index in [2.05, 4.69) is 58.0 Å². The fourth-order valence-corrected chi connectivity index (χ4v) is 3.37. The quantitative estimate of drug-likeness (QED) is 0.655. The van der Waals surface area contributed by atoms with Gasteiger partial charge in [0.1, 0.15) is 0 Å². The number of hydrogen-bond acceptors (Lipinski definition) is 1. The molecule has 0 aliphatic carbocycles. The molecule has 1 aromatic rings. The Hall–Kier alpha value is -0.820. The highest BCUT2D eigenvalue weighted by Gasteiger charge is 2.38. The maximum atomic E-state index is 10.7. The normalized spacial score (nSPS) is 16.1. The van der Waals surface area contributed by atoms with Crippen molar-refractivity contribution < 1.29 is 5.11 Å². The molecule has 1 nitrogen and oxygen atoms in total. The van der Waals surface area contributed by atoms with Crippen molar-refractivity contribution in [1.82, 2.24) is 0 Å². The molecule has 0 bridgehead atoms. The zero-order valence-corrected chi connectivity index (χ0v) is 13.7. The van der Waals surface area contributed by atoms with Crippen molar-refractivity contribution in [2.45, 2.75) is 72.3 Å². The van der Waals surface area contributed by atoms with Gasteiger partial charge >= 0.3 is 0 Å². The first-order valence-corrected chi connectivity index (χ1v) is 8.28. The molecule has 0 amide bonds. The summed E-state index contributed by atoms with van der Waals surface area (Å²) in [6.45, 7) is 8.97. The molecule has 0 saturated heterocycles. The highest BCUT2D eigenvalue weighted by Crippen LogP contribution is 2.41. The van der Waals surface area contributed by atoms with Crippen molar-refractivity contribution in [3.8, 4) is 0 Å². The van der Waals surface area contributed by atoms with E-state index in [1.807, 2.05) is 0 Å². The molecule has 0 aliphatic heterocycles. The summed E-state index contributed by atoms with van der Waals surface area (Å²) in [4.78, 5) is 0. The summed E-state index contributed by atoms with van der Waals surface area (Å²) in [5.74, 6) is 0.517. The summed E-state index contributed by atoms with van der Waals surface area (Å²) < 4.78 is 0. The Balaban J connectivity index is 2.77. The summed E-state index contributed by atoms with van der Waals surface area (Å²) in [6.07, 6.45) is 6.26. The van der Waals surface area contributed by atoms with E-state index in [-0.39, 0.29) is 11.5 Å². The van der Waals surface area contributed by atoms with Gasteiger partial charge in [-0.05, 0) is 42.6 Å². The second kappa shape index (κ2) is 8.46. The standard InChI is InChI=1S/C19H32O/c1-5-7-13-18(20)19(6-2,16(3)4)15-14-17-11-9-8-10-12-17/h8-12,16,18,20H,5-7,13-15H2,1-4H3. The minimum Gasteiger partial charge on any atom is -0.393 e. The Morgan fingerprint density at radius 1 is 1.10 bits per heavy atom. The summed E-state index contributed by atoms with van der Waals surface area (Å²) in [5, 5.41) is 10.7. The molecule has 0 aliphatic rings. The summed E-state index contributed by atoms with van der Waals surface area (Å²) in [7, 11) is 0. The van der Waals surface area contributed by atoms with Gasteiger partial charge in [-0.15, -0.1) is 0 Å². The Morgan fingerprint density at radius 3 is 2.25 bits per heavy atom. The second-order valence-corrected chi connectivity index (χ2v) is 6.39. The lowest BCUT2D eigenvalue weighted by Crippen LogP contribution is -2.40. The maximum absolute atomic E-state index is 10.7. The smallest absolute Gasteiger partial charge is 0.0598 e. The van der Waals surface area contributed by atoms with E-state index >= 15 is 0 Å². The van der Waals surface area contributed by atoms with Crippen LogP contribution in [0.15, 0.2) is 30.3 Å². The second-order valence-electron chi connectivity index (χ2n) is 6.39. The molecule has 1 rings (SSSR count). The number of unbranched alkanes of at least 4 members (excludes halogenated alkanes) is 1. The predicted molar refractivity (Wildman–Crippen MR) is 87.9 cm³/mol. The molecule has 0 fully saturated rings. The highest BCUT2D eigenvalue weighted by atomic mass is 16.3. The van der Waals surface area contributed by atoms with Crippen LogP contribution >= 0.6 is 0 Å². The SMILES string of the molecule is CCCCC(O)C(CC)(CCc1ccccc1)C(C)C. The van der Waals surface area contributed by atoms with Gasteiger partial charge in [-0.1, -0.05) is 70.9 Å². The minimum absolute atomic E-state index is 0.0605. The molecule has 20 heavy (non-hydrogen) atoms. The molecule has 0 aromatic heterocycles. The van der Waals surface area contributed by atoms with Crippen LogP contribution in [0.5, 0.6) is 0 Å². The molecule has 1 aromatic carbocycles. The average molecular weight is 276 g/mol. The number of benzene rings is 1. The zero-order valence-electron chi connectivity index (χ0n) is 13.7. The summed E-state index contributed by atoms with van der Waals surface area (Å²) >= 11 is 0. The molecule has 114 valence electrons. The van der Waals surface area contributed by atoms with Gasteiger partial charge in [-0.3, -0.25) is 0 Å². The van der Waals surface area contributed by atoms with Gasteiger partial charge < -0.3 is 5.11 Å². The van der Waals surface area contributed by atoms with Gasteiger partial charge in [-0.25, -0.2) is 0 Å². The van der Waals surface area contributed by atoms with Crippen LogP contribution in [0.3, 0.4) is 0 Å². The Bertz CT molecular complexity index is 357. The van der Waals surface area contributed by atoms with Crippen LogP contribution in [-0.2, 0) is 6.42 Å². The zero-order chi connectivity index (χ0) is 15.0. The number of rotatable bonds is 9. The third-order valence-corrected chi connectivity index (χ3v) is 5.02. The number of aliphatic hydroxyl groups excluding tert-OH is 1. The lowest BCUT2D eigenvalue weighted by molar-refractivity contribution is -0.0267. The van der Waals surface area contributed by atoms with E-state index in [0.29, 0.717) is 5.92 Å². The van der Waals surface area contributed by atoms with Gasteiger partial charge in [0.25, 0.3) is 0 Å². The fraction of sp³-hybridized carbons (Fsp3) is 0.684. The molecule has 2 atom stereocenters. The van der Waals surface area contributed by atoms with Crippen LogP contribution in [0, 0.1) is 11.3 Å². The van der Waals surface area contributed by atoms with Crippen LogP contribution < -0.4 is 0 Å². The van der Waals surface area contributed by atoms with Gasteiger partial charge in [0, 0.05) is 0 Å². The topological polar surface area (TPSA) is 20.2 Å². The molecule has 0 radical (unpaired) electrons. The van der Waals surface area contributed by atoms with Gasteiger partial charge in [0.15, 0.2) is 0 Å². The van der Waals surface area contributed by atoms with Crippen LogP contribution in [-0.4, -0.2) is 11.2 Å². The molecule has 2 unspecified atom stereocenters. The van der Waals surface area contributed by atoms with E-state index < -0.39 is 0 Å². The van der Waals surface area contributed by atoms with Gasteiger partial charge in [0.2, 0.25) is 0 Å². The van der Waals surface area contributed by atoms with Crippen molar-refractivity contribution in [3.05, 3.63) is 35.9 Å². The first-order chi connectivity index (χ1) is 9.56. The summed E-state index contributed by atoms with van der Waals surface area (Å²) in [6, 6.07) is 10.7. The molecular formula is C19H32O. The molecule has 0 heterocycles. The molecule has 1 heteroatoms. The highest BCUT2D eigenvalue weighted by molar-refractivity contribution is 5.15. The van der Waals surface area contributed by atoms with E-state index in [1.54, 1.807) is 0 Å². The van der Waals surface area contributed by atoms with Crippen molar-refractivity contribution in [2.24, 2.45) is 11.3 Å². The predicted octanol–water partition coefficient (Wildman–Crippen LogP) is 5.22.